The molecule has 5 nitrogen and oxygen atoms in total. The van der Waals surface area contributed by atoms with Crippen molar-refractivity contribution >= 4 is 39.2 Å². The first-order chi connectivity index (χ1) is 11.5. The number of amides is 1. The summed E-state index contributed by atoms with van der Waals surface area (Å²) in [5.74, 6) is 0.325. The van der Waals surface area contributed by atoms with Crippen molar-refractivity contribution in [2.75, 3.05) is 5.75 Å². The zero-order chi connectivity index (χ0) is 17.3. The molecule has 0 radical (unpaired) electrons. The molecular formula is C17H23N3O2S2. The molecule has 1 aliphatic rings. The Bertz CT molecular complexity index is 819. The molecule has 1 N–H and O–H groups in total. The number of carbonyl (C=O) groups is 1. The summed E-state index contributed by atoms with van der Waals surface area (Å²) in [6.07, 6.45) is 5.82. The Hall–Kier alpha value is -1.34. The van der Waals surface area contributed by atoms with Crippen molar-refractivity contribution in [2.45, 2.75) is 57.1 Å². The van der Waals surface area contributed by atoms with Gasteiger partial charge in [-0.25, -0.2) is 4.98 Å². The molecule has 1 aliphatic carbocycles. The summed E-state index contributed by atoms with van der Waals surface area (Å²) in [4.78, 5) is 31.2. The summed E-state index contributed by atoms with van der Waals surface area (Å²) in [6.45, 7) is 3.97. The fourth-order valence-electron chi connectivity index (χ4n) is 3.13. The molecule has 0 aliphatic heterocycles. The lowest BCUT2D eigenvalue weighted by Crippen LogP contribution is -2.37. The Morgan fingerprint density at radius 3 is 2.75 bits per heavy atom. The number of hydrogen-bond acceptors (Lipinski definition) is 5. The summed E-state index contributed by atoms with van der Waals surface area (Å²) in [5, 5.41) is 4.41. The van der Waals surface area contributed by atoms with Gasteiger partial charge >= 0.3 is 0 Å². The average molecular weight is 366 g/mol. The number of thiophene rings is 1. The van der Waals surface area contributed by atoms with Crippen molar-refractivity contribution in [1.29, 1.82) is 0 Å². The number of rotatable bonds is 4. The SMILES string of the molecule is Cc1sc2nc(SCC(=O)NC3CCCCC3)n(C)c(=O)c2c1C. The first-order valence-corrected chi connectivity index (χ1v) is 10.2. The molecule has 1 amide bonds. The second kappa shape index (κ2) is 7.27. The van der Waals surface area contributed by atoms with Crippen LogP contribution in [0.5, 0.6) is 0 Å². The van der Waals surface area contributed by atoms with Crippen molar-refractivity contribution < 1.29 is 4.79 Å². The fourth-order valence-corrected chi connectivity index (χ4v) is 4.98. The summed E-state index contributed by atoms with van der Waals surface area (Å²) in [5.41, 5.74) is 0.978. The van der Waals surface area contributed by atoms with Gasteiger partial charge in [-0.15, -0.1) is 11.3 Å². The molecule has 2 aromatic rings. The Morgan fingerprint density at radius 2 is 2.04 bits per heavy atom. The van der Waals surface area contributed by atoms with E-state index in [1.54, 1.807) is 23.0 Å². The van der Waals surface area contributed by atoms with E-state index < -0.39 is 0 Å². The number of carbonyl (C=O) groups excluding carboxylic acids is 1. The van der Waals surface area contributed by atoms with Gasteiger partial charge in [-0.2, -0.15) is 0 Å². The summed E-state index contributed by atoms with van der Waals surface area (Å²) < 4.78 is 1.56. The monoisotopic (exact) mass is 365 g/mol. The van der Waals surface area contributed by atoms with Gasteiger partial charge in [-0.1, -0.05) is 31.0 Å². The standard InChI is InChI=1S/C17H23N3O2S2/c1-10-11(2)24-15-14(10)16(22)20(3)17(19-15)23-9-13(21)18-12-7-5-4-6-8-12/h12H,4-9H2,1-3H3,(H,18,21). The third kappa shape index (κ3) is 3.52. The molecule has 0 aromatic carbocycles. The van der Waals surface area contributed by atoms with Crippen LogP contribution in [0, 0.1) is 13.8 Å². The maximum atomic E-state index is 12.6. The van der Waals surface area contributed by atoms with Crippen molar-refractivity contribution in [3.63, 3.8) is 0 Å². The number of thioether (sulfide) groups is 1. The van der Waals surface area contributed by atoms with Gasteiger partial charge in [0.25, 0.3) is 5.56 Å². The van der Waals surface area contributed by atoms with E-state index in [4.69, 9.17) is 0 Å². The number of hydrogen-bond donors (Lipinski definition) is 1. The third-order valence-corrected chi connectivity index (χ3v) is 6.80. The van der Waals surface area contributed by atoms with E-state index >= 15 is 0 Å². The predicted molar refractivity (Wildman–Crippen MR) is 100 cm³/mol. The number of aromatic nitrogens is 2. The van der Waals surface area contributed by atoms with Crippen LogP contribution in [-0.2, 0) is 11.8 Å². The summed E-state index contributed by atoms with van der Waals surface area (Å²) in [6, 6.07) is 0.314. The minimum Gasteiger partial charge on any atom is -0.353 e. The molecule has 1 fully saturated rings. The van der Waals surface area contributed by atoms with Crippen LogP contribution in [0.3, 0.4) is 0 Å². The lowest BCUT2D eigenvalue weighted by Gasteiger charge is -2.22. The lowest BCUT2D eigenvalue weighted by molar-refractivity contribution is -0.119. The molecule has 24 heavy (non-hydrogen) atoms. The highest BCUT2D eigenvalue weighted by Crippen LogP contribution is 2.28. The number of fused-ring (bicyclic) bond motifs is 1. The molecule has 0 spiro atoms. The second-order valence-electron chi connectivity index (χ2n) is 6.41. The van der Waals surface area contributed by atoms with Gasteiger partial charge < -0.3 is 5.32 Å². The third-order valence-electron chi connectivity index (χ3n) is 4.67. The molecule has 2 aromatic heterocycles. The maximum absolute atomic E-state index is 12.6. The minimum atomic E-state index is -0.0305. The van der Waals surface area contributed by atoms with E-state index in [1.807, 2.05) is 13.8 Å². The Labute approximate surface area is 149 Å². The molecule has 0 bridgehead atoms. The number of aryl methyl sites for hydroxylation is 2. The van der Waals surface area contributed by atoms with Crippen molar-refractivity contribution in [1.82, 2.24) is 14.9 Å². The van der Waals surface area contributed by atoms with E-state index in [0.717, 1.165) is 28.1 Å². The normalized spacial score (nSPS) is 15.8. The Balaban J connectivity index is 1.72. The molecule has 2 heterocycles. The molecule has 0 saturated heterocycles. The van der Waals surface area contributed by atoms with E-state index in [9.17, 15) is 9.59 Å². The molecule has 0 unspecified atom stereocenters. The fraction of sp³-hybridized carbons (Fsp3) is 0.588. The second-order valence-corrected chi connectivity index (χ2v) is 8.56. The lowest BCUT2D eigenvalue weighted by atomic mass is 9.95. The van der Waals surface area contributed by atoms with Gasteiger partial charge in [-0.05, 0) is 32.3 Å². The summed E-state index contributed by atoms with van der Waals surface area (Å²) in [7, 11) is 1.72. The van der Waals surface area contributed by atoms with Crippen molar-refractivity contribution in [3.8, 4) is 0 Å². The van der Waals surface area contributed by atoms with Gasteiger partial charge in [0.1, 0.15) is 4.83 Å². The van der Waals surface area contributed by atoms with Crippen LogP contribution in [-0.4, -0.2) is 27.3 Å². The topological polar surface area (TPSA) is 64.0 Å². The van der Waals surface area contributed by atoms with Gasteiger partial charge in [0, 0.05) is 18.0 Å². The smallest absolute Gasteiger partial charge is 0.262 e. The molecular weight excluding hydrogens is 342 g/mol. The number of nitrogens with one attached hydrogen (secondary N) is 1. The van der Waals surface area contributed by atoms with Crippen LogP contribution < -0.4 is 10.9 Å². The van der Waals surface area contributed by atoms with Gasteiger partial charge in [0.2, 0.25) is 5.91 Å². The van der Waals surface area contributed by atoms with Gasteiger partial charge in [0.15, 0.2) is 5.16 Å². The van der Waals surface area contributed by atoms with Gasteiger partial charge in [-0.3, -0.25) is 14.2 Å². The Morgan fingerprint density at radius 1 is 1.33 bits per heavy atom. The maximum Gasteiger partial charge on any atom is 0.262 e. The van der Waals surface area contributed by atoms with E-state index in [2.05, 4.69) is 10.3 Å². The molecule has 7 heteroatoms. The predicted octanol–water partition coefficient (Wildman–Crippen LogP) is 3.15. The first-order valence-electron chi connectivity index (χ1n) is 8.36. The largest absolute Gasteiger partial charge is 0.353 e. The summed E-state index contributed by atoms with van der Waals surface area (Å²) >= 11 is 2.87. The first kappa shape index (κ1) is 17.5. The zero-order valence-electron chi connectivity index (χ0n) is 14.3. The highest BCUT2D eigenvalue weighted by Gasteiger charge is 2.18. The molecule has 130 valence electrons. The molecule has 0 atom stereocenters. The van der Waals surface area contributed by atoms with Crippen LogP contribution in [0.15, 0.2) is 9.95 Å². The average Bonchev–Trinajstić information content (AvgIpc) is 2.85. The highest BCUT2D eigenvalue weighted by molar-refractivity contribution is 7.99. The molecule has 3 rings (SSSR count). The van der Waals surface area contributed by atoms with E-state index in [0.29, 0.717) is 22.3 Å². The van der Waals surface area contributed by atoms with Crippen LogP contribution in [0.25, 0.3) is 10.2 Å². The van der Waals surface area contributed by atoms with Crippen molar-refractivity contribution in [2.24, 2.45) is 7.05 Å². The van der Waals surface area contributed by atoms with Crippen molar-refractivity contribution in [3.05, 3.63) is 20.8 Å². The zero-order valence-corrected chi connectivity index (χ0v) is 16.0. The minimum absolute atomic E-state index is 0.0276. The quantitative estimate of drug-likeness (QED) is 0.668. The highest BCUT2D eigenvalue weighted by atomic mass is 32.2. The molecule has 1 saturated carbocycles. The van der Waals surface area contributed by atoms with Crippen LogP contribution in [0.1, 0.15) is 42.5 Å². The van der Waals surface area contributed by atoms with E-state index in [-0.39, 0.29) is 11.5 Å². The van der Waals surface area contributed by atoms with Crippen LogP contribution in [0.2, 0.25) is 0 Å². The van der Waals surface area contributed by atoms with E-state index in [1.165, 1.54) is 31.0 Å². The van der Waals surface area contributed by atoms with Crippen LogP contribution >= 0.6 is 23.1 Å². The van der Waals surface area contributed by atoms with Crippen LogP contribution in [0.4, 0.5) is 0 Å². The van der Waals surface area contributed by atoms with Gasteiger partial charge in [0.05, 0.1) is 11.1 Å². The number of nitrogens with zero attached hydrogens (tertiary/aromatic N) is 2. The Kier molecular flexibility index (Phi) is 5.30.